The van der Waals surface area contributed by atoms with Crippen LogP contribution in [-0.2, 0) is 22.5 Å². The summed E-state index contributed by atoms with van der Waals surface area (Å²) >= 11 is 0. The van der Waals surface area contributed by atoms with E-state index in [4.69, 9.17) is 0 Å². The number of hydrogen-bond acceptors (Lipinski definition) is 3. The first-order chi connectivity index (χ1) is 11.7. The second kappa shape index (κ2) is 7.13. The van der Waals surface area contributed by atoms with E-state index >= 15 is 0 Å². The minimum atomic E-state index is -0.367. The highest BCUT2D eigenvalue weighted by atomic mass is 16.5. The number of carbonyl (C=O) groups is 2. The standard InChI is InChI=1S/C20H19NO3/c1-24-20(23)17-9-6-15(7-10-17)8-11-19(22)21-13-12-16-4-2-3-5-18(16)14-21/h2-11H,12-14H2,1H3. The number of fused-ring (bicyclic) bond motifs is 1. The summed E-state index contributed by atoms with van der Waals surface area (Å²) in [6.45, 7) is 1.39. The fourth-order valence-corrected chi connectivity index (χ4v) is 2.80. The molecule has 3 rings (SSSR count). The third-order valence-electron chi connectivity index (χ3n) is 4.19. The number of ether oxygens (including phenoxy) is 1. The Bertz CT molecular complexity index is 778. The molecule has 122 valence electrons. The van der Waals surface area contributed by atoms with Gasteiger partial charge < -0.3 is 9.64 Å². The number of benzene rings is 2. The van der Waals surface area contributed by atoms with Crippen molar-refractivity contribution in [2.24, 2.45) is 0 Å². The zero-order valence-corrected chi connectivity index (χ0v) is 13.6. The lowest BCUT2D eigenvalue weighted by atomic mass is 10.00. The first-order valence-electron chi connectivity index (χ1n) is 7.89. The lowest BCUT2D eigenvalue weighted by Gasteiger charge is -2.27. The molecule has 1 aliphatic heterocycles. The van der Waals surface area contributed by atoms with Gasteiger partial charge in [-0.3, -0.25) is 4.79 Å². The third kappa shape index (κ3) is 3.54. The van der Waals surface area contributed by atoms with E-state index < -0.39 is 0 Å². The topological polar surface area (TPSA) is 46.6 Å². The maximum atomic E-state index is 12.4. The highest BCUT2D eigenvalue weighted by Crippen LogP contribution is 2.19. The van der Waals surface area contributed by atoms with E-state index in [2.05, 4.69) is 16.9 Å². The van der Waals surface area contributed by atoms with Crippen molar-refractivity contribution in [3.8, 4) is 0 Å². The van der Waals surface area contributed by atoms with Gasteiger partial charge >= 0.3 is 5.97 Å². The van der Waals surface area contributed by atoms with Crippen molar-refractivity contribution in [1.29, 1.82) is 0 Å². The van der Waals surface area contributed by atoms with Gasteiger partial charge in [0.05, 0.1) is 12.7 Å². The zero-order chi connectivity index (χ0) is 16.9. The van der Waals surface area contributed by atoms with Crippen molar-refractivity contribution in [3.05, 3.63) is 76.9 Å². The molecule has 24 heavy (non-hydrogen) atoms. The molecular formula is C20H19NO3. The lowest BCUT2D eigenvalue weighted by molar-refractivity contribution is -0.126. The lowest BCUT2D eigenvalue weighted by Crippen LogP contribution is -2.34. The summed E-state index contributed by atoms with van der Waals surface area (Å²) in [5.41, 5.74) is 3.90. The summed E-state index contributed by atoms with van der Waals surface area (Å²) in [6.07, 6.45) is 4.24. The Morgan fingerprint density at radius 1 is 1.04 bits per heavy atom. The number of esters is 1. The first-order valence-corrected chi connectivity index (χ1v) is 7.89. The Morgan fingerprint density at radius 3 is 2.46 bits per heavy atom. The Morgan fingerprint density at radius 2 is 1.75 bits per heavy atom. The van der Waals surface area contributed by atoms with Crippen molar-refractivity contribution < 1.29 is 14.3 Å². The van der Waals surface area contributed by atoms with Crippen LogP contribution in [0.2, 0.25) is 0 Å². The van der Waals surface area contributed by atoms with Crippen molar-refractivity contribution >= 4 is 18.0 Å². The molecule has 0 atom stereocenters. The summed E-state index contributed by atoms with van der Waals surface area (Å²) in [6, 6.07) is 15.2. The van der Waals surface area contributed by atoms with Crippen LogP contribution in [0, 0.1) is 0 Å². The second-order valence-corrected chi connectivity index (χ2v) is 5.73. The van der Waals surface area contributed by atoms with Gasteiger partial charge in [0.1, 0.15) is 0 Å². The van der Waals surface area contributed by atoms with Crippen LogP contribution in [0.5, 0.6) is 0 Å². The number of hydrogen-bond donors (Lipinski definition) is 0. The van der Waals surface area contributed by atoms with Gasteiger partial charge in [0.25, 0.3) is 0 Å². The monoisotopic (exact) mass is 321 g/mol. The fourth-order valence-electron chi connectivity index (χ4n) is 2.80. The maximum absolute atomic E-state index is 12.4. The minimum Gasteiger partial charge on any atom is -0.465 e. The van der Waals surface area contributed by atoms with Crippen LogP contribution in [0.15, 0.2) is 54.6 Å². The van der Waals surface area contributed by atoms with E-state index in [0.717, 1.165) is 18.5 Å². The SMILES string of the molecule is COC(=O)c1ccc(C=CC(=O)N2CCc3ccccc3C2)cc1. The molecule has 0 saturated carbocycles. The summed E-state index contributed by atoms with van der Waals surface area (Å²) in [4.78, 5) is 25.6. The molecule has 0 fully saturated rings. The minimum absolute atomic E-state index is 0.00143. The predicted octanol–water partition coefficient (Wildman–Crippen LogP) is 3.07. The molecule has 2 aromatic rings. The van der Waals surface area contributed by atoms with Gasteiger partial charge in [-0.05, 0) is 41.3 Å². The van der Waals surface area contributed by atoms with Crippen molar-refractivity contribution in [2.75, 3.05) is 13.7 Å². The van der Waals surface area contributed by atoms with Gasteiger partial charge in [-0.2, -0.15) is 0 Å². The van der Waals surface area contributed by atoms with E-state index in [1.165, 1.54) is 18.2 Å². The summed E-state index contributed by atoms with van der Waals surface area (Å²) in [5, 5.41) is 0. The Kier molecular flexibility index (Phi) is 4.75. The van der Waals surface area contributed by atoms with E-state index in [0.29, 0.717) is 12.1 Å². The van der Waals surface area contributed by atoms with Gasteiger partial charge in [-0.15, -0.1) is 0 Å². The average Bonchev–Trinajstić information content (AvgIpc) is 2.65. The van der Waals surface area contributed by atoms with Crippen molar-refractivity contribution in [2.45, 2.75) is 13.0 Å². The highest BCUT2D eigenvalue weighted by Gasteiger charge is 2.18. The van der Waals surface area contributed by atoms with Crippen LogP contribution in [0.25, 0.3) is 6.08 Å². The smallest absolute Gasteiger partial charge is 0.337 e. The van der Waals surface area contributed by atoms with Crippen molar-refractivity contribution in [1.82, 2.24) is 4.90 Å². The Balaban J connectivity index is 1.65. The summed E-state index contributed by atoms with van der Waals surface area (Å²) < 4.78 is 4.66. The van der Waals surface area contributed by atoms with Crippen LogP contribution in [0.4, 0.5) is 0 Å². The van der Waals surface area contributed by atoms with Gasteiger partial charge in [0.2, 0.25) is 5.91 Å². The van der Waals surface area contributed by atoms with E-state index in [1.807, 2.05) is 17.0 Å². The number of rotatable bonds is 3. The molecule has 0 unspecified atom stereocenters. The fraction of sp³-hybridized carbons (Fsp3) is 0.200. The van der Waals surface area contributed by atoms with Crippen LogP contribution in [0.3, 0.4) is 0 Å². The Labute approximate surface area is 141 Å². The normalized spacial score (nSPS) is 13.6. The Hall–Kier alpha value is -2.88. The van der Waals surface area contributed by atoms with Crippen molar-refractivity contribution in [3.63, 3.8) is 0 Å². The molecular weight excluding hydrogens is 302 g/mol. The number of amides is 1. The number of methoxy groups -OCH3 is 1. The molecule has 2 aromatic carbocycles. The van der Waals surface area contributed by atoms with E-state index in [1.54, 1.807) is 36.4 Å². The van der Waals surface area contributed by atoms with Gasteiger partial charge in [-0.25, -0.2) is 4.79 Å². The van der Waals surface area contributed by atoms with Crippen LogP contribution >= 0.6 is 0 Å². The quantitative estimate of drug-likeness (QED) is 0.645. The molecule has 0 N–H and O–H groups in total. The molecule has 0 aliphatic carbocycles. The molecule has 1 heterocycles. The zero-order valence-electron chi connectivity index (χ0n) is 13.6. The largest absolute Gasteiger partial charge is 0.465 e. The highest BCUT2D eigenvalue weighted by molar-refractivity contribution is 5.92. The molecule has 1 amide bonds. The number of carbonyl (C=O) groups excluding carboxylic acids is 2. The molecule has 0 aromatic heterocycles. The van der Waals surface area contributed by atoms with E-state index in [9.17, 15) is 9.59 Å². The van der Waals surface area contributed by atoms with E-state index in [-0.39, 0.29) is 11.9 Å². The molecule has 0 spiro atoms. The molecule has 0 radical (unpaired) electrons. The van der Waals surface area contributed by atoms with Gasteiger partial charge in [0.15, 0.2) is 0 Å². The third-order valence-corrected chi connectivity index (χ3v) is 4.19. The van der Waals surface area contributed by atoms with Gasteiger partial charge in [-0.1, -0.05) is 36.4 Å². The van der Waals surface area contributed by atoms with Gasteiger partial charge in [0, 0.05) is 19.2 Å². The maximum Gasteiger partial charge on any atom is 0.337 e. The predicted molar refractivity (Wildman–Crippen MR) is 92.4 cm³/mol. The molecule has 0 bridgehead atoms. The van der Waals surface area contributed by atoms with Crippen LogP contribution in [0.1, 0.15) is 27.0 Å². The summed E-state index contributed by atoms with van der Waals surface area (Å²) in [7, 11) is 1.35. The molecule has 4 nitrogen and oxygen atoms in total. The van der Waals surface area contributed by atoms with Crippen LogP contribution in [-0.4, -0.2) is 30.4 Å². The number of nitrogens with zero attached hydrogens (tertiary/aromatic N) is 1. The molecule has 0 saturated heterocycles. The summed E-state index contributed by atoms with van der Waals surface area (Å²) in [5.74, 6) is -0.366. The average molecular weight is 321 g/mol. The molecule has 4 heteroatoms. The second-order valence-electron chi connectivity index (χ2n) is 5.73. The van der Waals surface area contributed by atoms with Crippen LogP contribution < -0.4 is 0 Å². The molecule has 1 aliphatic rings. The first kappa shape index (κ1) is 16.0.